The van der Waals surface area contributed by atoms with Crippen molar-refractivity contribution in [1.29, 1.82) is 0 Å². The van der Waals surface area contributed by atoms with Crippen LogP contribution in [0.1, 0.15) is 0 Å². The van der Waals surface area contributed by atoms with Crippen LogP contribution in [0.2, 0.25) is 0 Å². The number of nitrogen functional groups attached to an aromatic ring is 1. The second kappa shape index (κ2) is 5.08. The maximum atomic E-state index is 11.9. The molecule has 9 heteroatoms. The summed E-state index contributed by atoms with van der Waals surface area (Å²) < 4.78 is 48.8. The molecular formula is C11H15N3O4S2. The Morgan fingerprint density at radius 3 is 2.60 bits per heavy atom. The first-order valence-electron chi connectivity index (χ1n) is 5.74. The van der Waals surface area contributed by atoms with Crippen molar-refractivity contribution in [1.82, 2.24) is 4.72 Å². The number of nitrogens with one attached hydrogen (secondary N) is 2. The highest BCUT2D eigenvalue weighted by Gasteiger charge is 2.24. The summed E-state index contributed by atoms with van der Waals surface area (Å²) in [5, 5.41) is 4.01. The molecule has 7 nitrogen and oxygen atoms in total. The Balaban J connectivity index is 2.36. The number of sulfone groups is 1. The molecule has 1 aromatic rings. The number of anilines is 2. The van der Waals surface area contributed by atoms with Gasteiger partial charge in [-0.25, -0.2) is 21.6 Å². The minimum Gasteiger partial charge on any atom is -0.399 e. The number of benzene rings is 1. The van der Waals surface area contributed by atoms with E-state index >= 15 is 0 Å². The Hall–Kier alpha value is -1.58. The smallest absolute Gasteiger partial charge is 0.242 e. The van der Waals surface area contributed by atoms with E-state index in [1.807, 2.05) is 0 Å². The molecule has 0 bridgehead atoms. The molecule has 1 aliphatic heterocycles. The molecular weight excluding hydrogens is 302 g/mol. The van der Waals surface area contributed by atoms with Gasteiger partial charge in [-0.05, 0) is 25.2 Å². The minimum atomic E-state index is -3.69. The lowest BCUT2D eigenvalue weighted by Gasteiger charge is -2.16. The molecule has 0 fully saturated rings. The maximum absolute atomic E-state index is 11.9. The minimum absolute atomic E-state index is 0.0160. The quantitative estimate of drug-likeness (QED) is 0.667. The molecule has 1 heterocycles. The summed E-state index contributed by atoms with van der Waals surface area (Å²) in [7, 11) is -5.60. The average Bonchev–Trinajstić information content (AvgIpc) is 2.71. The van der Waals surface area contributed by atoms with E-state index in [0.717, 1.165) is 5.41 Å². The van der Waals surface area contributed by atoms with Gasteiger partial charge >= 0.3 is 0 Å². The van der Waals surface area contributed by atoms with Crippen LogP contribution in [0, 0.1) is 0 Å². The molecule has 1 aromatic carbocycles. The molecule has 1 unspecified atom stereocenters. The van der Waals surface area contributed by atoms with Crippen LogP contribution in [-0.4, -0.2) is 35.7 Å². The van der Waals surface area contributed by atoms with Crippen LogP contribution in [0.4, 0.5) is 11.4 Å². The van der Waals surface area contributed by atoms with Crippen molar-refractivity contribution < 1.29 is 16.8 Å². The molecule has 0 radical (unpaired) electrons. The molecule has 0 saturated carbocycles. The zero-order chi connectivity index (χ0) is 15.0. The van der Waals surface area contributed by atoms with Gasteiger partial charge in [0.2, 0.25) is 10.0 Å². The Kier molecular flexibility index (Phi) is 3.76. The Morgan fingerprint density at radius 1 is 1.35 bits per heavy atom. The van der Waals surface area contributed by atoms with Crippen molar-refractivity contribution in [3.05, 3.63) is 29.7 Å². The number of hydrogen-bond donors (Lipinski definition) is 3. The molecule has 1 atom stereocenters. The fourth-order valence-corrected chi connectivity index (χ4v) is 4.02. The fourth-order valence-electron chi connectivity index (χ4n) is 1.86. The van der Waals surface area contributed by atoms with Crippen molar-refractivity contribution in [2.45, 2.75) is 10.9 Å². The summed E-state index contributed by atoms with van der Waals surface area (Å²) in [5.74, 6) is -0.101. The fraction of sp³-hybridized carbons (Fsp3) is 0.273. The summed E-state index contributed by atoms with van der Waals surface area (Å²) in [6.07, 6.45) is 1.49. The summed E-state index contributed by atoms with van der Waals surface area (Å²) in [6, 6.07) is 3.92. The highest BCUT2D eigenvalue weighted by molar-refractivity contribution is 7.94. The van der Waals surface area contributed by atoms with Gasteiger partial charge in [0, 0.05) is 11.1 Å². The van der Waals surface area contributed by atoms with Gasteiger partial charge in [0.15, 0.2) is 9.84 Å². The van der Waals surface area contributed by atoms with Gasteiger partial charge < -0.3 is 11.1 Å². The lowest BCUT2D eigenvalue weighted by molar-refractivity contribution is 0.588. The van der Waals surface area contributed by atoms with Gasteiger partial charge in [0.25, 0.3) is 0 Å². The van der Waals surface area contributed by atoms with E-state index in [0.29, 0.717) is 11.4 Å². The SMILES string of the molecule is CNS(=O)(=O)c1cc(N)ccc1NC1C=CS(=O)(=O)C1. The van der Waals surface area contributed by atoms with Crippen molar-refractivity contribution in [2.24, 2.45) is 0 Å². The molecule has 110 valence electrons. The van der Waals surface area contributed by atoms with Crippen molar-refractivity contribution in [3.63, 3.8) is 0 Å². The van der Waals surface area contributed by atoms with E-state index in [1.54, 1.807) is 6.07 Å². The van der Waals surface area contributed by atoms with Crippen LogP contribution in [0.15, 0.2) is 34.6 Å². The van der Waals surface area contributed by atoms with E-state index in [4.69, 9.17) is 5.73 Å². The Bertz CT molecular complexity index is 754. The first-order chi connectivity index (χ1) is 9.23. The predicted octanol–water partition coefficient (Wildman–Crippen LogP) is -0.100. The van der Waals surface area contributed by atoms with Gasteiger partial charge in [0.05, 0.1) is 17.5 Å². The van der Waals surface area contributed by atoms with Crippen LogP contribution in [0.5, 0.6) is 0 Å². The number of nitrogens with two attached hydrogens (primary N) is 1. The molecule has 0 saturated heterocycles. The van der Waals surface area contributed by atoms with Gasteiger partial charge in [0.1, 0.15) is 4.90 Å². The third-order valence-corrected chi connectivity index (χ3v) is 5.68. The van der Waals surface area contributed by atoms with E-state index in [-0.39, 0.29) is 10.6 Å². The highest BCUT2D eigenvalue weighted by Crippen LogP contribution is 2.25. The summed E-state index contributed by atoms with van der Waals surface area (Å²) in [6.45, 7) is 0. The summed E-state index contributed by atoms with van der Waals surface area (Å²) >= 11 is 0. The van der Waals surface area contributed by atoms with Gasteiger partial charge in [-0.15, -0.1) is 0 Å². The van der Waals surface area contributed by atoms with Crippen molar-refractivity contribution in [2.75, 3.05) is 23.9 Å². The molecule has 0 aromatic heterocycles. The highest BCUT2D eigenvalue weighted by atomic mass is 32.2. The number of sulfonamides is 1. The molecule has 20 heavy (non-hydrogen) atoms. The van der Waals surface area contributed by atoms with Crippen molar-refractivity contribution >= 4 is 31.2 Å². The number of hydrogen-bond acceptors (Lipinski definition) is 6. The topological polar surface area (TPSA) is 118 Å². The van der Waals surface area contributed by atoms with Crippen LogP contribution in [-0.2, 0) is 19.9 Å². The Labute approximate surface area is 117 Å². The van der Waals surface area contributed by atoms with Crippen LogP contribution >= 0.6 is 0 Å². The molecule has 4 N–H and O–H groups in total. The second-order valence-corrected chi connectivity index (χ2v) is 8.16. The maximum Gasteiger partial charge on any atom is 0.242 e. The van der Waals surface area contributed by atoms with Crippen LogP contribution in [0.3, 0.4) is 0 Å². The van der Waals surface area contributed by atoms with Crippen LogP contribution in [0.25, 0.3) is 0 Å². The standard InChI is InChI=1S/C11H15N3O4S2/c1-13-20(17,18)11-6-8(12)2-3-10(11)14-9-4-5-19(15,16)7-9/h2-6,9,13-14H,7,12H2,1H3. The van der Waals surface area contributed by atoms with Gasteiger partial charge in [-0.3, -0.25) is 0 Å². The zero-order valence-corrected chi connectivity index (χ0v) is 12.3. The van der Waals surface area contributed by atoms with Gasteiger partial charge in [-0.1, -0.05) is 6.08 Å². The number of rotatable bonds is 4. The lowest BCUT2D eigenvalue weighted by Crippen LogP contribution is -2.25. The van der Waals surface area contributed by atoms with E-state index < -0.39 is 25.9 Å². The van der Waals surface area contributed by atoms with E-state index in [2.05, 4.69) is 10.0 Å². The largest absolute Gasteiger partial charge is 0.399 e. The van der Waals surface area contributed by atoms with E-state index in [1.165, 1.54) is 25.3 Å². The summed E-state index contributed by atoms with van der Waals surface area (Å²) in [4.78, 5) is -0.0160. The second-order valence-electron chi connectivity index (χ2n) is 4.37. The first kappa shape index (κ1) is 14.8. The lowest BCUT2D eigenvalue weighted by atomic mass is 10.2. The molecule has 2 rings (SSSR count). The molecule has 1 aliphatic rings. The Morgan fingerprint density at radius 2 is 2.05 bits per heavy atom. The molecule has 0 aliphatic carbocycles. The zero-order valence-electron chi connectivity index (χ0n) is 10.7. The van der Waals surface area contributed by atoms with Crippen molar-refractivity contribution in [3.8, 4) is 0 Å². The monoisotopic (exact) mass is 317 g/mol. The third kappa shape index (κ3) is 3.11. The molecule has 0 amide bonds. The van der Waals surface area contributed by atoms with Crippen LogP contribution < -0.4 is 15.8 Å². The predicted molar refractivity (Wildman–Crippen MR) is 77.4 cm³/mol. The normalized spacial score (nSPS) is 20.9. The molecule has 0 spiro atoms. The van der Waals surface area contributed by atoms with Gasteiger partial charge in [-0.2, -0.15) is 0 Å². The third-order valence-electron chi connectivity index (χ3n) is 2.83. The van der Waals surface area contributed by atoms with E-state index in [9.17, 15) is 16.8 Å². The summed E-state index contributed by atoms with van der Waals surface area (Å²) in [5.41, 5.74) is 6.21. The first-order valence-corrected chi connectivity index (χ1v) is 8.94. The average molecular weight is 317 g/mol.